The summed E-state index contributed by atoms with van der Waals surface area (Å²) in [6.07, 6.45) is 4.38. The molecule has 1 nitrogen and oxygen atoms in total. The molecule has 0 N–H and O–H groups in total. The summed E-state index contributed by atoms with van der Waals surface area (Å²) in [6, 6.07) is 7.10. The van der Waals surface area contributed by atoms with Crippen LogP contribution in [0.3, 0.4) is 0 Å². The molecule has 0 bridgehead atoms. The van der Waals surface area contributed by atoms with Gasteiger partial charge in [-0.25, -0.2) is 8.78 Å². The van der Waals surface area contributed by atoms with E-state index in [4.69, 9.17) is 4.74 Å². The normalized spacial score (nSPS) is 15.1. The second kappa shape index (κ2) is 6.35. The quantitative estimate of drug-likeness (QED) is 0.783. The Morgan fingerprint density at radius 2 is 1.61 bits per heavy atom. The first kappa shape index (κ1) is 16.0. The van der Waals surface area contributed by atoms with E-state index in [-0.39, 0.29) is 17.7 Å². The number of aryl methyl sites for hydroxylation is 1. The molecule has 0 aliphatic heterocycles. The number of hydrogen-bond donors (Lipinski definition) is 0. The molecule has 2 aromatic carbocycles. The van der Waals surface area contributed by atoms with Crippen molar-refractivity contribution in [3.63, 3.8) is 0 Å². The van der Waals surface area contributed by atoms with E-state index in [0.29, 0.717) is 22.3 Å². The Balaban J connectivity index is 1.98. The minimum Gasteiger partial charge on any atom is -0.487 e. The fraction of sp³-hybridized carbons (Fsp3) is 0.368. The molecule has 23 heavy (non-hydrogen) atoms. The van der Waals surface area contributed by atoms with E-state index in [1.54, 1.807) is 33.8 Å². The van der Waals surface area contributed by atoms with E-state index in [1.807, 2.05) is 12.1 Å². The van der Waals surface area contributed by atoms with Crippen LogP contribution in [0.2, 0.25) is 0 Å². The molecule has 0 aromatic heterocycles. The van der Waals surface area contributed by atoms with Gasteiger partial charge in [-0.3, -0.25) is 0 Å². The Morgan fingerprint density at radius 1 is 0.957 bits per heavy atom. The van der Waals surface area contributed by atoms with E-state index in [2.05, 4.69) is 0 Å². The van der Waals surface area contributed by atoms with Crippen molar-refractivity contribution in [3.8, 4) is 16.9 Å². The van der Waals surface area contributed by atoms with E-state index in [9.17, 15) is 8.78 Å². The molecule has 1 fully saturated rings. The van der Waals surface area contributed by atoms with Crippen LogP contribution < -0.4 is 10.2 Å². The van der Waals surface area contributed by atoms with E-state index in [1.165, 1.54) is 0 Å². The monoisotopic (exact) mass is 314 g/mol. The summed E-state index contributed by atoms with van der Waals surface area (Å²) in [7, 11) is 1.73. The minimum atomic E-state index is -0.338. The number of hydrogen-bond acceptors (Lipinski definition) is 1. The van der Waals surface area contributed by atoms with Crippen LogP contribution >= 0.6 is 0 Å². The molecular formula is C19H21BF2O. The highest BCUT2D eigenvalue weighted by atomic mass is 19.1. The summed E-state index contributed by atoms with van der Waals surface area (Å²) < 4.78 is 34.6. The largest absolute Gasteiger partial charge is 0.487 e. The summed E-state index contributed by atoms with van der Waals surface area (Å²) >= 11 is 0. The number of halogens is 2. The van der Waals surface area contributed by atoms with Crippen LogP contribution in [-0.2, 0) is 0 Å². The molecule has 1 saturated carbocycles. The molecule has 0 unspecified atom stereocenters. The van der Waals surface area contributed by atoms with E-state index < -0.39 is 0 Å². The summed E-state index contributed by atoms with van der Waals surface area (Å²) in [4.78, 5) is 0. The zero-order valence-corrected chi connectivity index (χ0v) is 13.9. The highest BCUT2D eigenvalue weighted by molar-refractivity contribution is 6.36. The lowest BCUT2D eigenvalue weighted by Gasteiger charge is -2.17. The van der Waals surface area contributed by atoms with Crippen molar-refractivity contribution in [1.82, 2.24) is 0 Å². The van der Waals surface area contributed by atoms with Gasteiger partial charge in [-0.15, -0.1) is 0 Å². The van der Waals surface area contributed by atoms with Crippen LogP contribution in [0.25, 0.3) is 11.1 Å². The van der Waals surface area contributed by atoms with Gasteiger partial charge < -0.3 is 4.74 Å². The molecule has 0 heterocycles. The molecule has 3 rings (SSSR count). The number of ether oxygens (including phenoxy) is 1. The van der Waals surface area contributed by atoms with Crippen LogP contribution in [0.5, 0.6) is 5.75 Å². The summed E-state index contributed by atoms with van der Waals surface area (Å²) in [5.41, 5.74) is 3.11. The summed E-state index contributed by atoms with van der Waals surface area (Å²) in [6.45, 7) is 3.46. The highest BCUT2D eigenvalue weighted by Gasteiger charge is 2.20. The molecule has 1 aliphatic rings. The maximum Gasteiger partial charge on any atom is 0.168 e. The van der Waals surface area contributed by atoms with Gasteiger partial charge in [0.05, 0.1) is 6.10 Å². The van der Waals surface area contributed by atoms with Gasteiger partial charge in [-0.2, -0.15) is 0 Å². The molecule has 4 heteroatoms. The Bertz CT molecular complexity index is 737. The predicted molar refractivity (Wildman–Crippen MR) is 92.3 cm³/mol. The van der Waals surface area contributed by atoms with Crippen molar-refractivity contribution in [2.75, 3.05) is 0 Å². The molecule has 1 aliphatic carbocycles. The SMILES string of the molecule is Bc1c(-c2ccc(OC3CCCC3)c(F)c2C)ccc(C)c1F. The van der Waals surface area contributed by atoms with Gasteiger partial charge in [0.25, 0.3) is 0 Å². The Kier molecular flexibility index (Phi) is 4.42. The third kappa shape index (κ3) is 2.99. The van der Waals surface area contributed by atoms with E-state index in [0.717, 1.165) is 36.8 Å². The standard InChI is InChI=1S/C19H21BF2O/c1-11-7-8-15(17(20)18(11)21)14-9-10-16(19(22)12(14)2)23-13-5-3-4-6-13/h7-10,13H,3-6,20H2,1-2H3. The van der Waals surface area contributed by atoms with Crippen molar-refractivity contribution in [2.45, 2.75) is 45.6 Å². The molecule has 0 radical (unpaired) electrons. The van der Waals surface area contributed by atoms with Crippen molar-refractivity contribution in [1.29, 1.82) is 0 Å². The molecule has 120 valence electrons. The van der Waals surface area contributed by atoms with Crippen LogP contribution in [0.1, 0.15) is 36.8 Å². The molecule has 2 aromatic rings. The van der Waals surface area contributed by atoms with Crippen molar-refractivity contribution in [3.05, 3.63) is 47.0 Å². The minimum absolute atomic E-state index is 0.119. The second-order valence-corrected chi connectivity index (χ2v) is 6.44. The Hall–Kier alpha value is -1.84. The third-order valence-corrected chi connectivity index (χ3v) is 4.82. The maximum absolute atomic E-state index is 14.7. The average molecular weight is 314 g/mol. The zero-order valence-electron chi connectivity index (χ0n) is 13.9. The van der Waals surface area contributed by atoms with Crippen LogP contribution in [0.15, 0.2) is 24.3 Å². The first-order chi connectivity index (χ1) is 11.0. The molecule has 0 atom stereocenters. The second-order valence-electron chi connectivity index (χ2n) is 6.44. The number of rotatable bonds is 3. The average Bonchev–Trinajstić information content (AvgIpc) is 3.04. The van der Waals surface area contributed by atoms with Gasteiger partial charge in [0.2, 0.25) is 0 Å². The summed E-state index contributed by atoms with van der Waals surface area (Å²) in [5, 5.41) is 0. The fourth-order valence-corrected chi connectivity index (χ4v) is 3.34. The van der Waals surface area contributed by atoms with Crippen molar-refractivity contribution in [2.24, 2.45) is 0 Å². The molecule has 0 spiro atoms. The smallest absolute Gasteiger partial charge is 0.168 e. The lowest BCUT2D eigenvalue weighted by atomic mass is 9.84. The zero-order chi connectivity index (χ0) is 16.6. The van der Waals surface area contributed by atoms with Crippen LogP contribution in [-0.4, -0.2) is 14.0 Å². The lowest BCUT2D eigenvalue weighted by Crippen LogP contribution is -2.15. The van der Waals surface area contributed by atoms with Gasteiger partial charge >= 0.3 is 0 Å². The van der Waals surface area contributed by atoms with Gasteiger partial charge in [0.1, 0.15) is 13.7 Å². The van der Waals surface area contributed by atoms with Crippen molar-refractivity contribution < 1.29 is 13.5 Å². The molecular weight excluding hydrogens is 293 g/mol. The first-order valence-electron chi connectivity index (χ1n) is 8.21. The van der Waals surface area contributed by atoms with Gasteiger partial charge in [0, 0.05) is 0 Å². The maximum atomic E-state index is 14.7. The molecule has 0 amide bonds. The Labute approximate surface area is 137 Å². The topological polar surface area (TPSA) is 9.23 Å². The third-order valence-electron chi connectivity index (χ3n) is 4.82. The van der Waals surface area contributed by atoms with E-state index >= 15 is 0 Å². The first-order valence-corrected chi connectivity index (χ1v) is 8.21. The number of benzene rings is 2. The summed E-state index contributed by atoms with van der Waals surface area (Å²) in [5.74, 6) is -0.258. The predicted octanol–water partition coefficient (Wildman–Crippen LogP) is 3.83. The Morgan fingerprint density at radius 3 is 2.30 bits per heavy atom. The van der Waals surface area contributed by atoms with Crippen molar-refractivity contribution >= 4 is 13.3 Å². The van der Waals surface area contributed by atoms with Crippen LogP contribution in [0, 0.1) is 25.5 Å². The van der Waals surface area contributed by atoms with Gasteiger partial charge in [-0.05, 0) is 73.3 Å². The highest BCUT2D eigenvalue weighted by Crippen LogP contribution is 2.32. The van der Waals surface area contributed by atoms with Gasteiger partial charge in [-0.1, -0.05) is 18.2 Å². The van der Waals surface area contributed by atoms with Gasteiger partial charge in [0.15, 0.2) is 11.6 Å². The van der Waals surface area contributed by atoms with Crippen LogP contribution in [0.4, 0.5) is 8.78 Å². The fourth-order valence-electron chi connectivity index (χ4n) is 3.34. The molecule has 0 saturated heterocycles. The lowest BCUT2D eigenvalue weighted by molar-refractivity contribution is 0.200.